The Kier molecular flexibility index (Phi) is 2.06. The summed E-state index contributed by atoms with van der Waals surface area (Å²) in [5.41, 5.74) is 0.946. The van der Waals surface area contributed by atoms with Crippen molar-refractivity contribution < 1.29 is 4.79 Å². The normalized spacial score (nSPS) is 15.7. The van der Waals surface area contributed by atoms with Crippen molar-refractivity contribution in [2.24, 2.45) is 5.92 Å². The van der Waals surface area contributed by atoms with Crippen LogP contribution in [0.5, 0.6) is 0 Å². The van der Waals surface area contributed by atoms with E-state index in [1.165, 1.54) is 24.2 Å². The van der Waals surface area contributed by atoms with Gasteiger partial charge >= 0.3 is 0 Å². The van der Waals surface area contributed by atoms with Gasteiger partial charge in [-0.3, -0.25) is 4.79 Å². The van der Waals surface area contributed by atoms with Crippen molar-refractivity contribution in [3.05, 3.63) is 29.3 Å². The lowest BCUT2D eigenvalue weighted by Gasteiger charge is -1.91. The zero-order valence-corrected chi connectivity index (χ0v) is 9.09. The van der Waals surface area contributed by atoms with Crippen LogP contribution in [-0.4, -0.2) is 10.8 Å². The minimum Gasteiger partial charge on any atom is -0.292 e. The van der Waals surface area contributed by atoms with Crippen molar-refractivity contribution >= 4 is 27.3 Å². The molecule has 0 unspecified atom stereocenters. The highest BCUT2D eigenvalue weighted by Gasteiger charge is 2.26. The van der Waals surface area contributed by atoms with Gasteiger partial charge in [0.05, 0.1) is 10.2 Å². The molecule has 1 saturated carbocycles. The van der Waals surface area contributed by atoms with Crippen molar-refractivity contribution in [3.63, 3.8) is 0 Å². The van der Waals surface area contributed by atoms with Crippen molar-refractivity contribution in [2.45, 2.75) is 19.3 Å². The quantitative estimate of drug-likeness (QED) is 0.738. The minimum atomic E-state index is 0.221. The third-order valence-corrected chi connectivity index (χ3v) is 3.78. The molecule has 0 bridgehead atoms. The summed E-state index contributed by atoms with van der Waals surface area (Å²) in [5, 5.41) is 0.683. The van der Waals surface area contributed by atoms with Crippen LogP contribution < -0.4 is 0 Å². The molecule has 1 heterocycles. The largest absolute Gasteiger partial charge is 0.292 e. The molecule has 1 aromatic heterocycles. The Morgan fingerprint density at radius 1 is 1.40 bits per heavy atom. The molecule has 1 aromatic carbocycles. The van der Waals surface area contributed by atoms with Crippen LogP contribution in [0.3, 0.4) is 0 Å². The van der Waals surface area contributed by atoms with E-state index in [-0.39, 0.29) is 5.78 Å². The van der Waals surface area contributed by atoms with E-state index in [1.54, 1.807) is 0 Å². The number of aromatic nitrogens is 1. The molecular formula is C12H11NOS. The third-order valence-electron chi connectivity index (χ3n) is 2.70. The second kappa shape index (κ2) is 3.42. The lowest BCUT2D eigenvalue weighted by molar-refractivity contribution is 0.0976. The van der Waals surface area contributed by atoms with Crippen LogP contribution in [0.4, 0.5) is 0 Å². The molecule has 0 amide bonds. The van der Waals surface area contributed by atoms with Gasteiger partial charge < -0.3 is 0 Å². The number of carbonyl (C=O) groups excluding carboxylic acids is 1. The molecule has 0 saturated heterocycles. The number of benzene rings is 1. The van der Waals surface area contributed by atoms with Crippen LogP contribution in [0.15, 0.2) is 24.3 Å². The average molecular weight is 217 g/mol. The highest BCUT2D eigenvalue weighted by atomic mass is 32.1. The highest BCUT2D eigenvalue weighted by Crippen LogP contribution is 2.34. The summed E-state index contributed by atoms with van der Waals surface area (Å²) in [4.78, 5) is 16.2. The second-order valence-corrected chi connectivity index (χ2v) is 5.09. The molecule has 3 rings (SSSR count). The van der Waals surface area contributed by atoms with E-state index in [0.29, 0.717) is 17.3 Å². The Bertz CT molecular complexity index is 480. The van der Waals surface area contributed by atoms with E-state index in [1.807, 2.05) is 24.3 Å². The summed E-state index contributed by atoms with van der Waals surface area (Å²) in [6.07, 6.45) is 3.13. The Morgan fingerprint density at radius 3 is 2.93 bits per heavy atom. The van der Waals surface area contributed by atoms with Gasteiger partial charge in [-0.15, -0.1) is 11.3 Å². The Morgan fingerprint density at radius 2 is 2.20 bits per heavy atom. The van der Waals surface area contributed by atoms with Gasteiger partial charge in [-0.05, 0) is 30.9 Å². The van der Waals surface area contributed by atoms with E-state index >= 15 is 0 Å². The summed E-state index contributed by atoms with van der Waals surface area (Å²) in [6, 6.07) is 7.91. The zero-order valence-electron chi connectivity index (χ0n) is 8.27. The van der Waals surface area contributed by atoms with Gasteiger partial charge in [0.15, 0.2) is 10.8 Å². The first-order valence-electron chi connectivity index (χ1n) is 5.22. The van der Waals surface area contributed by atoms with Crippen LogP contribution in [0.25, 0.3) is 10.2 Å². The van der Waals surface area contributed by atoms with Gasteiger partial charge in [0.1, 0.15) is 0 Å². The van der Waals surface area contributed by atoms with Crippen LogP contribution in [0, 0.1) is 5.92 Å². The molecule has 3 heteroatoms. The first-order chi connectivity index (χ1) is 7.33. The maximum absolute atomic E-state index is 11.8. The summed E-state index contributed by atoms with van der Waals surface area (Å²) < 4.78 is 1.11. The van der Waals surface area contributed by atoms with Gasteiger partial charge in [0.25, 0.3) is 0 Å². The lowest BCUT2D eigenvalue weighted by atomic mass is 10.2. The molecular weight excluding hydrogens is 206 g/mol. The molecule has 0 spiro atoms. The molecule has 2 nitrogen and oxygen atoms in total. The number of para-hydroxylation sites is 1. The zero-order chi connectivity index (χ0) is 10.3. The summed E-state index contributed by atoms with van der Waals surface area (Å²) in [5.74, 6) is 0.864. The maximum atomic E-state index is 11.8. The number of carbonyl (C=O) groups is 1. The number of thiazole rings is 1. The van der Waals surface area contributed by atoms with Crippen molar-refractivity contribution in [3.8, 4) is 0 Å². The van der Waals surface area contributed by atoms with Crippen LogP contribution in [-0.2, 0) is 0 Å². The number of ketones is 1. The number of nitrogens with zero attached hydrogens (tertiary/aromatic N) is 1. The van der Waals surface area contributed by atoms with E-state index in [9.17, 15) is 4.79 Å². The van der Waals surface area contributed by atoms with Gasteiger partial charge in [-0.1, -0.05) is 12.1 Å². The van der Waals surface area contributed by atoms with E-state index in [4.69, 9.17) is 0 Å². The van der Waals surface area contributed by atoms with Crippen LogP contribution in [0.1, 0.15) is 29.1 Å². The fourth-order valence-corrected chi connectivity index (χ4v) is 2.58. The van der Waals surface area contributed by atoms with Gasteiger partial charge in [0.2, 0.25) is 0 Å². The standard InChI is InChI=1S/C12H11NOS/c14-10(7-8-5-6-8)12-13-9-3-1-2-4-11(9)15-12/h1-4,8H,5-7H2. The predicted octanol–water partition coefficient (Wildman–Crippen LogP) is 3.28. The fourth-order valence-electron chi connectivity index (χ4n) is 1.66. The van der Waals surface area contributed by atoms with Gasteiger partial charge in [-0.2, -0.15) is 0 Å². The smallest absolute Gasteiger partial charge is 0.191 e. The number of rotatable bonds is 3. The van der Waals surface area contributed by atoms with Crippen molar-refractivity contribution in [1.29, 1.82) is 0 Å². The number of hydrogen-bond acceptors (Lipinski definition) is 3. The van der Waals surface area contributed by atoms with Gasteiger partial charge in [0, 0.05) is 6.42 Å². The molecule has 1 aliphatic rings. The van der Waals surface area contributed by atoms with Crippen molar-refractivity contribution in [1.82, 2.24) is 4.98 Å². The number of hydrogen-bond donors (Lipinski definition) is 0. The minimum absolute atomic E-state index is 0.221. The van der Waals surface area contributed by atoms with E-state index in [2.05, 4.69) is 4.98 Å². The van der Waals surface area contributed by atoms with Crippen LogP contribution in [0.2, 0.25) is 0 Å². The third kappa shape index (κ3) is 1.79. The Hall–Kier alpha value is -1.22. The Labute approximate surface area is 92.0 Å². The lowest BCUT2D eigenvalue weighted by Crippen LogP contribution is -1.98. The monoisotopic (exact) mass is 217 g/mol. The number of Topliss-reactive ketones (excluding diaryl/α,β-unsaturated/α-hetero) is 1. The molecule has 2 aromatic rings. The van der Waals surface area contributed by atoms with Crippen LogP contribution >= 0.6 is 11.3 Å². The fraction of sp³-hybridized carbons (Fsp3) is 0.333. The van der Waals surface area contributed by atoms with Crippen molar-refractivity contribution in [2.75, 3.05) is 0 Å². The molecule has 1 fully saturated rings. The summed E-state index contributed by atoms with van der Waals surface area (Å²) in [7, 11) is 0. The van der Waals surface area contributed by atoms with E-state index in [0.717, 1.165) is 10.2 Å². The highest BCUT2D eigenvalue weighted by molar-refractivity contribution is 7.20. The topological polar surface area (TPSA) is 30.0 Å². The molecule has 0 radical (unpaired) electrons. The second-order valence-electron chi connectivity index (χ2n) is 4.06. The number of fused-ring (bicyclic) bond motifs is 1. The molecule has 0 N–H and O–H groups in total. The Balaban J connectivity index is 1.92. The average Bonchev–Trinajstić information content (AvgIpc) is 2.95. The predicted molar refractivity (Wildman–Crippen MR) is 61.3 cm³/mol. The SMILES string of the molecule is O=C(CC1CC1)c1nc2ccccc2s1. The molecule has 0 atom stereocenters. The molecule has 0 aliphatic heterocycles. The first-order valence-corrected chi connectivity index (χ1v) is 6.03. The first kappa shape index (κ1) is 9.04. The maximum Gasteiger partial charge on any atom is 0.191 e. The molecule has 15 heavy (non-hydrogen) atoms. The molecule has 1 aliphatic carbocycles. The molecule has 76 valence electrons. The summed E-state index contributed by atoms with van der Waals surface area (Å²) in [6.45, 7) is 0. The van der Waals surface area contributed by atoms with Gasteiger partial charge in [-0.25, -0.2) is 4.98 Å². The summed E-state index contributed by atoms with van der Waals surface area (Å²) >= 11 is 1.51. The van der Waals surface area contributed by atoms with E-state index < -0.39 is 0 Å².